The van der Waals surface area contributed by atoms with Crippen LogP contribution in [0, 0.1) is 10.1 Å². The van der Waals surface area contributed by atoms with Gasteiger partial charge in [-0.1, -0.05) is 18.2 Å². The van der Waals surface area contributed by atoms with E-state index in [0.717, 1.165) is 6.07 Å². The van der Waals surface area contributed by atoms with Crippen LogP contribution in [-0.2, 0) is 9.53 Å². The molecule has 1 amide bonds. The SMILES string of the molecule is CCN(C(=O)COC(=O)c1cc([N+](=O)[O-])ccc1NC)c1ccccc1. The number of likely N-dealkylation sites (N-methyl/N-ethyl adjacent to an activating group) is 1. The Morgan fingerprint density at radius 2 is 1.88 bits per heavy atom. The lowest BCUT2D eigenvalue weighted by molar-refractivity contribution is -0.384. The fourth-order valence-corrected chi connectivity index (χ4v) is 2.43. The van der Waals surface area contributed by atoms with Gasteiger partial charge >= 0.3 is 5.97 Å². The van der Waals surface area contributed by atoms with E-state index in [0.29, 0.717) is 17.9 Å². The number of non-ortho nitro benzene ring substituents is 1. The Bertz CT molecular complexity index is 808. The minimum Gasteiger partial charge on any atom is -0.452 e. The van der Waals surface area contributed by atoms with Crippen LogP contribution in [0.4, 0.5) is 17.1 Å². The zero-order chi connectivity index (χ0) is 19.1. The molecular formula is C18H19N3O5. The molecule has 0 heterocycles. The maximum absolute atomic E-state index is 12.4. The first kappa shape index (κ1) is 18.9. The fraction of sp³-hybridized carbons (Fsp3) is 0.222. The summed E-state index contributed by atoms with van der Waals surface area (Å²) in [6.45, 7) is 1.76. The molecule has 0 fully saturated rings. The van der Waals surface area contributed by atoms with Crippen molar-refractivity contribution in [3.63, 3.8) is 0 Å². The minimum absolute atomic E-state index is 0.00254. The summed E-state index contributed by atoms with van der Waals surface area (Å²) in [6.07, 6.45) is 0. The number of rotatable bonds is 7. The van der Waals surface area contributed by atoms with E-state index in [1.807, 2.05) is 13.0 Å². The number of ether oxygens (including phenoxy) is 1. The molecule has 0 saturated carbocycles. The fourth-order valence-electron chi connectivity index (χ4n) is 2.43. The van der Waals surface area contributed by atoms with Crippen molar-refractivity contribution in [2.24, 2.45) is 0 Å². The van der Waals surface area contributed by atoms with Gasteiger partial charge in [0.05, 0.1) is 10.5 Å². The lowest BCUT2D eigenvalue weighted by Gasteiger charge is -2.20. The Morgan fingerprint density at radius 3 is 2.46 bits per heavy atom. The van der Waals surface area contributed by atoms with Gasteiger partial charge in [0, 0.05) is 37.1 Å². The number of nitro groups is 1. The smallest absolute Gasteiger partial charge is 0.341 e. The average Bonchev–Trinajstić information content (AvgIpc) is 2.66. The molecule has 136 valence electrons. The molecule has 0 radical (unpaired) electrons. The first-order chi connectivity index (χ1) is 12.5. The van der Waals surface area contributed by atoms with Crippen molar-refractivity contribution in [2.45, 2.75) is 6.92 Å². The van der Waals surface area contributed by atoms with Crippen molar-refractivity contribution < 1.29 is 19.2 Å². The number of anilines is 2. The molecule has 8 heteroatoms. The highest BCUT2D eigenvalue weighted by molar-refractivity contribution is 5.99. The van der Waals surface area contributed by atoms with Crippen LogP contribution < -0.4 is 10.2 Å². The number of carbonyl (C=O) groups excluding carboxylic acids is 2. The topological polar surface area (TPSA) is 102 Å². The van der Waals surface area contributed by atoms with Crippen molar-refractivity contribution in [3.05, 3.63) is 64.2 Å². The van der Waals surface area contributed by atoms with Crippen molar-refractivity contribution in [1.29, 1.82) is 0 Å². The van der Waals surface area contributed by atoms with Crippen LogP contribution in [0.5, 0.6) is 0 Å². The van der Waals surface area contributed by atoms with Crippen LogP contribution in [0.15, 0.2) is 48.5 Å². The summed E-state index contributed by atoms with van der Waals surface area (Å²) in [5, 5.41) is 13.7. The predicted octanol–water partition coefficient (Wildman–Crippen LogP) is 2.85. The number of benzene rings is 2. The van der Waals surface area contributed by atoms with Gasteiger partial charge in [0.15, 0.2) is 6.61 Å². The molecule has 0 unspecified atom stereocenters. The van der Waals surface area contributed by atoms with E-state index >= 15 is 0 Å². The van der Waals surface area contributed by atoms with E-state index in [1.165, 1.54) is 17.0 Å². The van der Waals surface area contributed by atoms with Crippen molar-refractivity contribution in [3.8, 4) is 0 Å². The first-order valence-corrected chi connectivity index (χ1v) is 7.96. The molecule has 0 aliphatic heterocycles. The Hall–Kier alpha value is -3.42. The Labute approximate surface area is 150 Å². The summed E-state index contributed by atoms with van der Waals surface area (Å²) < 4.78 is 5.08. The lowest BCUT2D eigenvalue weighted by atomic mass is 10.1. The normalized spacial score (nSPS) is 10.1. The average molecular weight is 357 g/mol. The molecule has 0 spiro atoms. The summed E-state index contributed by atoms with van der Waals surface area (Å²) in [7, 11) is 1.58. The van der Waals surface area contributed by atoms with E-state index in [-0.39, 0.29) is 17.2 Å². The number of nitrogens with one attached hydrogen (secondary N) is 1. The predicted molar refractivity (Wildman–Crippen MR) is 97.4 cm³/mol. The lowest BCUT2D eigenvalue weighted by Crippen LogP contribution is -2.34. The number of nitro benzene ring substituents is 1. The minimum atomic E-state index is -0.810. The quantitative estimate of drug-likeness (QED) is 0.464. The van der Waals surface area contributed by atoms with Gasteiger partial charge in [-0.3, -0.25) is 14.9 Å². The number of hydrogen-bond acceptors (Lipinski definition) is 6. The monoisotopic (exact) mass is 357 g/mol. The summed E-state index contributed by atoms with van der Waals surface area (Å²) in [5.41, 5.74) is 0.838. The molecule has 0 aromatic heterocycles. The Morgan fingerprint density at radius 1 is 1.19 bits per heavy atom. The number of carbonyl (C=O) groups is 2. The van der Waals surface area contributed by atoms with E-state index in [9.17, 15) is 19.7 Å². The number of esters is 1. The maximum Gasteiger partial charge on any atom is 0.341 e. The number of hydrogen-bond donors (Lipinski definition) is 1. The molecular weight excluding hydrogens is 338 g/mol. The van der Waals surface area contributed by atoms with Gasteiger partial charge in [0.1, 0.15) is 0 Å². The van der Waals surface area contributed by atoms with Gasteiger partial charge in [0.2, 0.25) is 0 Å². The van der Waals surface area contributed by atoms with Crippen molar-refractivity contribution >= 4 is 28.9 Å². The summed E-state index contributed by atoms with van der Waals surface area (Å²) in [6, 6.07) is 12.8. The molecule has 2 aromatic rings. The van der Waals surface area contributed by atoms with Crippen LogP contribution in [0.3, 0.4) is 0 Å². The molecule has 8 nitrogen and oxygen atoms in total. The highest BCUT2D eigenvalue weighted by atomic mass is 16.6. The van der Waals surface area contributed by atoms with E-state index in [4.69, 9.17) is 4.74 Å². The third kappa shape index (κ3) is 4.35. The van der Waals surface area contributed by atoms with Gasteiger partial charge in [-0.15, -0.1) is 0 Å². The van der Waals surface area contributed by atoms with E-state index in [1.54, 1.807) is 31.3 Å². The summed E-state index contributed by atoms with van der Waals surface area (Å²) in [4.78, 5) is 36.4. The standard InChI is InChI=1S/C18H19N3O5/c1-3-20(13-7-5-4-6-8-13)17(22)12-26-18(23)15-11-14(21(24)25)9-10-16(15)19-2/h4-11,19H,3,12H2,1-2H3. The molecule has 2 rings (SSSR count). The van der Waals surface area contributed by atoms with E-state index in [2.05, 4.69) is 5.32 Å². The molecule has 0 aliphatic carbocycles. The second-order valence-electron chi connectivity index (χ2n) is 5.29. The molecule has 0 atom stereocenters. The van der Waals surface area contributed by atoms with Gasteiger partial charge in [0.25, 0.3) is 11.6 Å². The van der Waals surface area contributed by atoms with Gasteiger partial charge in [-0.25, -0.2) is 4.79 Å². The highest BCUT2D eigenvalue weighted by Crippen LogP contribution is 2.23. The molecule has 1 N–H and O–H groups in total. The number of amides is 1. The van der Waals surface area contributed by atoms with Gasteiger partial charge < -0.3 is 15.0 Å². The molecule has 0 aliphatic rings. The molecule has 0 bridgehead atoms. The third-order valence-corrected chi connectivity index (χ3v) is 3.72. The first-order valence-electron chi connectivity index (χ1n) is 7.96. The van der Waals surface area contributed by atoms with E-state index < -0.39 is 17.5 Å². The van der Waals surface area contributed by atoms with Gasteiger partial charge in [-0.2, -0.15) is 0 Å². The second-order valence-corrected chi connectivity index (χ2v) is 5.29. The van der Waals surface area contributed by atoms with Crippen LogP contribution in [0.2, 0.25) is 0 Å². The van der Waals surface area contributed by atoms with Crippen LogP contribution >= 0.6 is 0 Å². The van der Waals surface area contributed by atoms with Crippen molar-refractivity contribution in [2.75, 3.05) is 30.4 Å². The molecule has 26 heavy (non-hydrogen) atoms. The highest BCUT2D eigenvalue weighted by Gasteiger charge is 2.20. The second kappa shape index (κ2) is 8.61. The largest absolute Gasteiger partial charge is 0.452 e. The molecule has 2 aromatic carbocycles. The van der Waals surface area contributed by atoms with Crippen LogP contribution in [0.1, 0.15) is 17.3 Å². The Kier molecular flexibility index (Phi) is 6.26. The Balaban J connectivity index is 2.11. The number of para-hydroxylation sites is 1. The van der Waals surface area contributed by atoms with Crippen LogP contribution in [-0.4, -0.2) is 37.0 Å². The van der Waals surface area contributed by atoms with Crippen LogP contribution in [0.25, 0.3) is 0 Å². The third-order valence-electron chi connectivity index (χ3n) is 3.72. The van der Waals surface area contributed by atoms with Gasteiger partial charge in [-0.05, 0) is 25.1 Å². The maximum atomic E-state index is 12.4. The zero-order valence-electron chi connectivity index (χ0n) is 14.5. The molecule has 0 saturated heterocycles. The zero-order valence-corrected chi connectivity index (χ0v) is 14.5. The van der Waals surface area contributed by atoms with Crippen molar-refractivity contribution in [1.82, 2.24) is 0 Å². The summed E-state index contributed by atoms with van der Waals surface area (Å²) in [5.74, 6) is -1.20. The summed E-state index contributed by atoms with van der Waals surface area (Å²) >= 11 is 0. The number of nitrogens with zero attached hydrogens (tertiary/aromatic N) is 2.